The molecule has 2 atom stereocenters. The Kier molecular flexibility index (Phi) is 8.53. The van der Waals surface area contributed by atoms with Gasteiger partial charge in [-0.05, 0) is 55.3 Å². The molecule has 2 aliphatic heterocycles. The van der Waals surface area contributed by atoms with Crippen LogP contribution in [0.2, 0.25) is 0 Å². The molecule has 2 bridgehead atoms. The zero-order chi connectivity index (χ0) is 27.9. The fourth-order valence-electron chi connectivity index (χ4n) is 5.24. The minimum atomic E-state index is -0.460. The second kappa shape index (κ2) is 12.6. The Balaban J connectivity index is 1.37. The van der Waals surface area contributed by atoms with Crippen molar-refractivity contribution < 1.29 is 23.9 Å². The number of hydrogen-bond donors (Lipinski definition) is 1. The van der Waals surface area contributed by atoms with Crippen LogP contribution in [-0.4, -0.2) is 83.4 Å². The van der Waals surface area contributed by atoms with Crippen LogP contribution >= 0.6 is 0 Å². The van der Waals surface area contributed by atoms with Gasteiger partial charge in [-0.1, -0.05) is 18.2 Å². The van der Waals surface area contributed by atoms with E-state index in [1.165, 1.54) is 0 Å². The topological polar surface area (TPSA) is 114 Å². The Labute approximate surface area is 233 Å². The van der Waals surface area contributed by atoms with Crippen LogP contribution in [0.4, 0.5) is 0 Å². The van der Waals surface area contributed by atoms with E-state index in [4.69, 9.17) is 9.47 Å². The van der Waals surface area contributed by atoms with E-state index in [0.29, 0.717) is 56.3 Å². The van der Waals surface area contributed by atoms with E-state index in [0.717, 1.165) is 5.56 Å². The summed E-state index contributed by atoms with van der Waals surface area (Å²) < 4.78 is 11.6. The number of carbonyl (C=O) groups excluding carboxylic acids is 3. The van der Waals surface area contributed by atoms with Crippen LogP contribution in [0.3, 0.4) is 0 Å². The molecule has 0 unspecified atom stereocenters. The molecule has 2 aromatic heterocycles. The largest absolute Gasteiger partial charge is 0.494 e. The highest BCUT2D eigenvalue weighted by molar-refractivity contribution is 5.96. The Bertz CT molecular complexity index is 1350. The monoisotopic (exact) mass is 543 g/mol. The molecule has 0 saturated carbocycles. The first-order valence-corrected chi connectivity index (χ1v) is 13.6. The normalized spacial score (nSPS) is 19.6. The average molecular weight is 544 g/mol. The van der Waals surface area contributed by atoms with Gasteiger partial charge in [0.15, 0.2) is 0 Å². The Morgan fingerprint density at radius 1 is 0.975 bits per heavy atom. The van der Waals surface area contributed by atoms with Crippen molar-refractivity contribution in [2.45, 2.75) is 19.3 Å². The minimum Gasteiger partial charge on any atom is -0.494 e. The molecule has 10 nitrogen and oxygen atoms in total. The van der Waals surface area contributed by atoms with E-state index < -0.39 is 5.92 Å². The summed E-state index contributed by atoms with van der Waals surface area (Å²) in [6.07, 6.45) is 3.78. The summed E-state index contributed by atoms with van der Waals surface area (Å²) in [5.41, 5.74) is 1.68. The number of aromatic nitrogens is 2. The summed E-state index contributed by atoms with van der Waals surface area (Å²) in [7, 11) is 0. The molecule has 3 amide bonds. The molecule has 4 heterocycles. The standard InChI is InChI=1S/C30H33N5O5/c1-2-39-28-23(10-6-13-33-28)29(37)34-15-7-17-40-22-9-5-8-21(18-22)24-19-35(20-25(24)27(36)32-14-16-34)30(38)26-11-3-4-12-31-26/h3-6,8-13,18,24-25H,2,7,14-17,19-20H2,1H3,(H,32,36)/t24-,25+/m1/s1. The maximum atomic E-state index is 13.5. The Morgan fingerprint density at radius 3 is 2.65 bits per heavy atom. The molecule has 1 fully saturated rings. The molecule has 10 heteroatoms. The highest BCUT2D eigenvalue weighted by Crippen LogP contribution is 2.35. The molecule has 0 aliphatic carbocycles. The lowest BCUT2D eigenvalue weighted by Gasteiger charge is -2.25. The number of amides is 3. The van der Waals surface area contributed by atoms with Crippen molar-refractivity contribution >= 4 is 17.7 Å². The van der Waals surface area contributed by atoms with E-state index in [-0.39, 0.29) is 42.6 Å². The molecule has 5 rings (SSSR count). The highest BCUT2D eigenvalue weighted by Gasteiger charge is 2.41. The van der Waals surface area contributed by atoms with Gasteiger partial charge in [0.2, 0.25) is 11.8 Å². The lowest BCUT2D eigenvalue weighted by Crippen LogP contribution is -2.42. The summed E-state index contributed by atoms with van der Waals surface area (Å²) in [5.74, 6) is -0.271. The van der Waals surface area contributed by atoms with Gasteiger partial charge in [-0.2, -0.15) is 0 Å². The molecule has 40 heavy (non-hydrogen) atoms. The maximum Gasteiger partial charge on any atom is 0.272 e. The molecule has 2 aliphatic rings. The van der Waals surface area contributed by atoms with Crippen molar-refractivity contribution in [2.75, 3.05) is 45.9 Å². The predicted octanol–water partition coefficient (Wildman–Crippen LogP) is 2.77. The fourth-order valence-corrected chi connectivity index (χ4v) is 5.24. The first-order valence-electron chi connectivity index (χ1n) is 13.6. The number of carbonyl (C=O) groups is 3. The van der Waals surface area contributed by atoms with Crippen molar-refractivity contribution in [3.63, 3.8) is 0 Å². The maximum absolute atomic E-state index is 13.5. The van der Waals surface area contributed by atoms with Gasteiger partial charge in [0.05, 0.1) is 19.1 Å². The number of hydrogen-bond acceptors (Lipinski definition) is 7. The van der Waals surface area contributed by atoms with E-state index in [1.807, 2.05) is 31.2 Å². The lowest BCUT2D eigenvalue weighted by molar-refractivity contribution is -0.125. The van der Waals surface area contributed by atoms with E-state index in [9.17, 15) is 14.4 Å². The summed E-state index contributed by atoms with van der Waals surface area (Å²) in [6, 6.07) is 16.3. The van der Waals surface area contributed by atoms with Crippen molar-refractivity contribution in [2.24, 2.45) is 5.92 Å². The number of likely N-dealkylation sites (tertiary alicyclic amines) is 1. The molecule has 1 N–H and O–H groups in total. The summed E-state index contributed by atoms with van der Waals surface area (Å²) in [6.45, 7) is 4.33. The van der Waals surface area contributed by atoms with Gasteiger partial charge < -0.3 is 24.6 Å². The minimum absolute atomic E-state index is 0.159. The molecule has 1 aromatic carbocycles. The van der Waals surface area contributed by atoms with Crippen LogP contribution in [0.15, 0.2) is 67.0 Å². The number of fused-ring (bicyclic) bond motifs is 4. The Hall–Kier alpha value is -4.47. The lowest BCUT2D eigenvalue weighted by atomic mass is 9.88. The van der Waals surface area contributed by atoms with Crippen LogP contribution in [0, 0.1) is 5.92 Å². The molecular formula is C30H33N5O5. The molecule has 3 aromatic rings. The van der Waals surface area contributed by atoms with Crippen molar-refractivity contribution in [3.05, 3.63) is 83.8 Å². The molecule has 0 radical (unpaired) electrons. The molecular weight excluding hydrogens is 510 g/mol. The van der Waals surface area contributed by atoms with Gasteiger partial charge in [-0.15, -0.1) is 0 Å². The van der Waals surface area contributed by atoms with Gasteiger partial charge in [-0.25, -0.2) is 4.98 Å². The first kappa shape index (κ1) is 27.1. The van der Waals surface area contributed by atoms with E-state index in [1.54, 1.807) is 52.5 Å². The quantitative estimate of drug-likeness (QED) is 0.538. The second-order valence-corrected chi connectivity index (χ2v) is 9.78. The molecule has 0 spiro atoms. The number of ether oxygens (including phenoxy) is 2. The van der Waals surface area contributed by atoms with Gasteiger partial charge in [0, 0.05) is 51.0 Å². The molecule has 208 valence electrons. The summed E-state index contributed by atoms with van der Waals surface area (Å²) in [5, 5.41) is 3.03. The number of rotatable bonds is 4. The van der Waals surface area contributed by atoms with Crippen molar-refractivity contribution in [1.29, 1.82) is 0 Å². The number of nitrogens with zero attached hydrogens (tertiary/aromatic N) is 4. The first-order chi connectivity index (χ1) is 19.5. The SMILES string of the molecule is CCOc1ncccc1C(=O)N1CCCOc2cccc(c2)[C@H]2CN(C(=O)c3ccccn3)C[C@@H]2C(=O)NCC1. The highest BCUT2D eigenvalue weighted by atomic mass is 16.5. The third-order valence-corrected chi connectivity index (χ3v) is 7.21. The smallest absolute Gasteiger partial charge is 0.272 e. The summed E-state index contributed by atoms with van der Waals surface area (Å²) >= 11 is 0. The summed E-state index contributed by atoms with van der Waals surface area (Å²) in [4.78, 5) is 52.0. The van der Waals surface area contributed by atoms with E-state index >= 15 is 0 Å². The zero-order valence-electron chi connectivity index (χ0n) is 22.5. The molecule has 1 saturated heterocycles. The third-order valence-electron chi connectivity index (χ3n) is 7.21. The predicted molar refractivity (Wildman–Crippen MR) is 147 cm³/mol. The number of pyridine rings is 2. The zero-order valence-corrected chi connectivity index (χ0v) is 22.5. The van der Waals surface area contributed by atoms with Crippen molar-refractivity contribution in [1.82, 2.24) is 25.1 Å². The van der Waals surface area contributed by atoms with Crippen LogP contribution in [0.5, 0.6) is 11.6 Å². The van der Waals surface area contributed by atoms with Crippen LogP contribution < -0.4 is 14.8 Å². The van der Waals surface area contributed by atoms with Crippen LogP contribution in [0.1, 0.15) is 45.7 Å². The van der Waals surface area contributed by atoms with Gasteiger partial charge in [0.25, 0.3) is 11.8 Å². The Morgan fingerprint density at radius 2 is 1.82 bits per heavy atom. The van der Waals surface area contributed by atoms with Gasteiger partial charge in [-0.3, -0.25) is 19.4 Å². The van der Waals surface area contributed by atoms with Crippen LogP contribution in [-0.2, 0) is 4.79 Å². The van der Waals surface area contributed by atoms with Crippen molar-refractivity contribution in [3.8, 4) is 11.6 Å². The van der Waals surface area contributed by atoms with Gasteiger partial charge >= 0.3 is 0 Å². The number of nitrogens with one attached hydrogen (secondary N) is 1. The number of benzene rings is 1. The van der Waals surface area contributed by atoms with E-state index in [2.05, 4.69) is 15.3 Å². The fraction of sp³-hybridized carbons (Fsp3) is 0.367. The average Bonchev–Trinajstić information content (AvgIpc) is 3.44. The second-order valence-electron chi connectivity index (χ2n) is 9.78. The van der Waals surface area contributed by atoms with Crippen LogP contribution in [0.25, 0.3) is 0 Å². The van der Waals surface area contributed by atoms with Gasteiger partial charge in [0.1, 0.15) is 17.0 Å². The third kappa shape index (κ3) is 6.06.